The molecule has 3 heterocycles. The molecule has 246 valence electrons. The predicted molar refractivity (Wildman–Crippen MR) is 177 cm³/mol. The van der Waals surface area contributed by atoms with E-state index < -0.39 is 35.2 Å². The quantitative estimate of drug-likeness (QED) is 0.219. The molecule has 0 aliphatic carbocycles. The number of thiazole rings is 1. The van der Waals surface area contributed by atoms with Crippen LogP contribution in [0.15, 0.2) is 76.6 Å². The normalized spacial score (nSPS) is 19.8. The van der Waals surface area contributed by atoms with Gasteiger partial charge in [-0.25, -0.2) is 4.98 Å². The molecule has 0 unspecified atom stereocenters. The molecular weight excluding hydrogens is 695 g/mol. The third-order valence-electron chi connectivity index (χ3n) is 8.88. The maximum Gasteiger partial charge on any atom is 0.416 e. The van der Waals surface area contributed by atoms with Crippen molar-refractivity contribution in [3.05, 3.63) is 104 Å². The second-order valence-corrected chi connectivity index (χ2v) is 14.4. The van der Waals surface area contributed by atoms with Crippen LogP contribution in [-0.2, 0) is 6.18 Å². The Bertz CT molecular complexity index is 1790. The molecule has 2 atom stereocenters. The number of amides is 2. The molecule has 0 radical (unpaired) electrons. The second kappa shape index (κ2) is 13.0. The Balaban J connectivity index is 1.12. The lowest BCUT2D eigenvalue weighted by Gasteiger charge is -2.33. The number of likely N-dealkylation sites (tertiary alicyclic amines) is 1. The van der Waals surface area contributed by atoms with Crippen LogP contribution in [0.2, 0.25) is 0 Å². The minimum atomic E-state index is -4.44. The van der Waals surface area contributed by atoms with Crippen molar-refractivity contribution in [1.29, 1.82) is 0 Å². The molecule has 7 nitrogen and oxygen atoms in total. The van der Waals surface area contributed by atoms with E-state index in [1.807, 2.05) is 32.0 Å². The van der Waals surface area contributed by atoms with Gasteiger partial charge in [0.15, 0.2) is 0 Å². The number of nitrogens with zero attached hydrogens (tertiary/aromatic N) is 2. The highest BCUT2D eigenvalue weighted by Gasteiger charge is 2.41. The maximum absolute atomic E-state index is 13.6. The molecule has 47 heavy (non-hydrogen) atoms. The van der Waals surface area contributed by atoms with Crippen LogP contribution in [0.4, 0.5) is 13.2 Å². The Labute approximate surface area is 282 Å². The van der Waals surface area contributed by atoms with Gasteiger partial charge in [-0.15, -0.1) is 11.3 Å². The van der Waals surface area contributed by atoms with E-state index in [0.29, 0.717) is 53.9 Å². The zero-order valence-electron chi connectivity index (χ0n) is 25.7. The average molecular weight is 729 g/mol. The van der Waals surface area contributed by atoms with E-state index in [2.05, 4.69) is 26.2 Å². The standard InChI is InChI=1S/C35H33BrF3N3O4S/c1-34(2)19-46-28-12-11-23(36)17-26(28)29(30(34)43)41-31(44)27-18-47-32(40-27)21-13-15-42(16-14-21)33(45)25-6-4-3-5-24(25)20-7-9-22(10-8-20)35(37,38)39/h3-12,17-18,21,29-30,43H,13-16,19H2,1-2H3,(H,41,44)/t29-,30+/m1/s1. The minimum Gasteiger partial charge on any atom is -0.493 e. The van der Waals surface area contributed by atoms with Gasteiger partial charge < -0.3 is 20.1 Å². The van der Waals surface area contributed by atoms with Crippen LogP contribution in [-0.4, -0.2) is 52.6 Å². The lowest BCUT2D eigenvalue weighted by Crippen LogP contribution is -2.44. The molecule has 2 amide bonds. The Hall–Kier alpha value is -3.74. The van der Waals surface area contributed by atoms with Crippen molar-refractivity contribution in [1.82, 2.24) is 15.2 Å². The lowest BCUT2D eigenvalue weighted by atomic mass is 9.81. The average Bonchev–Trinajstić information content (AvgIpc) is 3.54. The summed E-state index contributed by atoms with van der Waals surface area (Å²) >= 11 is 4.88. The molecule has 12 heteroatoms. The fourth-order valence-corrected chi connectivity index (χ4v) is 7.43. The van der Waals surface area contributed by atoms with Gasteiger partial charge in [0.2, 0.25) is 0 Å². The van der Waals surface area contributed by atoms with Crippen molar-refractivity contribution < 1.29 is 32.6 Å². The summed E-state index contributed by atoms with van der Waals surface area (Å²) in [4.78, 5) is 33.5. The molecule has 0 saturated carbocycles. The lowest BCUT2D eigenvalue weighted by molar-refractivity contribution is -0.137. The zero-order valence-corrected chi connectivity index (χ0v) is 28.1. The number of fused-ring (bicyclic) bond motifs is 1. The number of hydrogen-bond acceptors (Lipinski definition) is 6. The Morgan fingerprint density at radius 3 is 2.47 bits per heavy atom. The number of carbonyl (C=O) groups excluding carboxylic acids is 2. The van der Waals surface area contributed by atoms with Crippen LogP contribution in [0.1, 0.15) is 75.6 Å². The summed E-state index contributed by atoms with van der Waals surface area (Å²) in [6.45, 7) is 5.02. The smallest absolute Gasteiger partial charge is 0.416 e. The molecule has 4 aromatic rings. The number of ether oxygens (including phenoxy) is 1. The molecule has 0 bridgehead atoms. The molecule has 6 rings (SSSR count). The van der Waals surface area contributed by atoms with E-state index in [0.717, 1.165) is 21.6 Å². The zero-order chi connectivity index (χ0) is 33.5. The highest BCUT2D eigenvalue weighted by molar-refractivity contribution is 9.10. The number of halogens is 4. The molecule has 2 aliphatic rings. The first-order valence-electron chi connectivity index (χ1n) is 15.2. The van der Waals surface area contributed by atoms with Crippen molar-refractivity contribution in [2.24, 2.45) is 5.41 Å². The summed E-state index contributed by atoms with van der Waals surface area (Å²) in [6.07, 6.45) is -4.05. The minimum absolute atomic E-state index is 0.0586. The van der Waals surface area contributed by atoms with Gasteiger partial charge in [-0.05, 0) is 60.4 Å². The van der Waals surface area contributed by atoms with E-state index >= 15 is 0 Å². The molecule has 3 aromatic carbocycles. The maximum atomic E-state index is 13.6. The fourth-order valence-electron chi connectivity index (χ4n) is 6.08. The number of benzene rings is 3. The number of aromatic nitrogens is 1. The topological polar surface area (TPSA) is 91.8 Å². The monoisotopic (exact) mass is 727 g/mol. The number of rotatable bonds is 5. The van der Waals surface area contributed by atoms with Crippen molar-refractivity contribution in [3.63, 3.8) is 0 Å². The number of hydrogen-bond donors (Lipinski definition) is 2. The van der Waals surface area contributed by atoms with E-state index in [9.17, 15) is 27.9 Å². The second-order valence-electron chi connectivity index (χ2n) is 12.6. The van der Waals surface area contributed by atoms with Crippen molar-refractivity contribution in [2.45, 2.75) is 50.9 Å². The number of alkyl halides is 3. The van der Waals surface area contributed by atoms with Crippen molar-refractivity contribution in [2.75, 3.05) is 19.7 Å². The van der Waals surface area contributed by atoms with E-state index in [1.165, 1.54) is 23.5 Å². The summed E-state index contributed by atoms with van der Waals surface area (Å²) in [5.41, 5.74) is 1.12. The largest absolute Gasteiger partial charge is 0.493 e. The summed E-state index contributed by atoms with van der Waals surface area (Å²) < 4.78 is 46.0. The first-order valence-corrected chi connectivity index (χ1v) is 16.9. The van der Waals surface area contributed by atoms with Crippen molar-refractivity contribution in [3.8, 4) is 16.9 Å². The van der Waals surface area contributed by atoms with Crippen LogP contribution in [0, 0.1) is 5.41 Å². The van der Waals surface area contributed by atoms with Gasteiger partial charge in [0.05, 0.1) is 29.3 Å². The third kappa shape index (κ3) is 6.95. The van der Waals surface area contributed by atoms with E-state index in [-0.39, 0.29) is 24.1 Å². The number of aliphatic hydroxyl groups excluding tert-OH is 1. The van der Waals surface area contributed by atoms with E-state index in [4.69, 9.17) is 4.74 Å². The molecule has 1 saturated heterocycles. The summed E-state index contributed by atoms with van der Waals surface area (Å²) in [7, 11) is 0. The summed E-state index contributed by atoms with van der Waals surface area (Å²) in [5, 5.41) is 16.8. The molecule has 1 aromatic heterocycles. The van der Waals surface area contributed by atoms with Crippen LogP contribution in [0.25, 0.3) is 11.1 Å². The number of aliphatic hydroxyl groups is 1. The van der Waals surface area contributed by atoms with Crippen molar-refractivity contribution >= 4 is 39.1 Å². The van der Waals surface area contributed by atoms with Gasteiger partial charge >= 0.3 is 6.18 Å². The third-order valence-corrected chi connectivity index (χ3v) is 10.4. The van der Waals surface area contributed by atoms with Crippen LogP contribution in [0.3, 0.4) is 0 Å². The molecular formula is C35H33BrF3N3O4S. The Kier molecular flexibility index (Phi) is 9.21. The van der Waals surface area contributed by atoms with Gasteiger partial charge in [-0.3, -0.25) is 9.59 Å². The van der Waals surface area contributed by atoms with Crippen LogP contribution >= 0.6 is 27.3 Å². The van der Waals surface area contributed by atoms with Gasteiger partial charge in [0, 0.05) is 45.4 Å². The predicted octanol–water partition coefficient (Wildman–Crippen LogP) is 7.86. The molecule has 2 N–H and O–H groups in total. The molecule has 2 aliphatic heterocycles. The first kappa shape index (κ1) is 33.2. The number of carbonyl (C=O) groups is 2. The first-order chi connectivity index (χ1) is 22.3. The van der Waals surface area contributed by atoms with Gasteiger partial charge in [-0.2, -0.15) is 13.2 Å². The highest BCUT2D eigenvalue weighted by atomic mass is 79.9. The summed E-state index contributed by atoms with van der Waals surface area (Å²) in [5.74, 6) is 0.0835. The number of piperidine rings is 1. The molecule has 1 fully saturated rings. The SMILES string of the molecule is CC1(C)COc2ccc(Br)cc2[C@@H](NC(=O)c2csc(C3CCN(C(=O)c4ccccc4-c4ccc(C(F)(F)F)cc4)CC3)n2)[C@@H]1O. The van der Waals surface area contributed by atoms with Gasteiger partial charge in [0.1, 0.15) is 11.4 Å². The van der Waals surface area contributed by atoms with Gasteiger partial charge in [0.25, 0.3) is 11.8 Å². The van der Waals surface area contributed by atoms with Crippen LogP contribution < -0.4 is 10.1 Å². The Morgan fingerprint density at radius 2 is 1.77 bits per heavy atom. The fraction of sp³-hybridized carbons (Fsp3) is 0.343. The highest BCUT2D eigenvalue weighted by Crippen LogP contribution is 2.41. The number of nitrogens with one attached hydrogen (secondary N) is 1. The van der Waals surface area contributed by atoms with Crippen LogP contribution in [0.5, 0.6) is 5.75 Å². The van der Waals surface area contributed by atoms with Gasteiger partial charge in [-0.1, -0.05) is 60.1 Å². The van der Waals surface area contributed by atoms with E-state index in [1.54, 1.807) is 34.5 Å². The summed E-state index contributed by atoms with van der Waals surface area (Å²) in [6, 6.07) is 16.6. The molecule has 0 spiro atoms. The Morgan fingerprint density at radius 1 is 1.06 bits per heavy atom.